The Bertz CT molecular complexity index is 857. The van der Waals surface area contributed by atoms with Gasteiger partial charge in [-0.05, 0) is 43.7 Å². The molecule has 0 fully saturated rings. The fourth-order valence-electron chi connectivity index (χ4n) is 4.27. The quantitative estimate of drug-likeness (QED) is 0.652. The van der Waals surface area contributed by atoms with Crippen LogP contribution in [0.5, 0.6) is 0 Å². The van der Waals surface area contributed by atoms with Crippen molar-refractivity contribution >= 4 is 22.4 Å². The highest BCUT2D eigenvalue weighted by atomic mass is 16.5. The van der Waals surface area contributed by atoms with E-state index in [2.05, 4.69) is 31.3 Å². The van der Waals surface area contributed by atoms with E-state index in [1.165, 1.54) is 16.8 Å². The first-order chi connectivity index (χ1) is 12.5. The van der Waals surface area contributed by atoms with Crippen molar-refractivity contribution in [2.24, 2.45) is 5.73 Å². The molecule has 3 rings (SSSR count). The van der Waals surface area contributed by atoms with E-state index in [9.17, 15) is 4.79 Å². The van der Waals surface area contributed by atoms with E-state index in [1.807, 2.05) is 25.1 Å². The number of esters is 1. The third-order valence-corrected chi connectivity index (χ3v) is 5.26. The van der Waals surface area contributed by atoms with Gasteiger partial charge in [0.2, 0.25) is 0 Å². The lowest BCUT2D eigenvalue weighted by Gasteiger charge is -2.31. The molecular weight excluding hydrogens is 324 g/mol. The number of nitrogens with two attached hydrogens (primary N) is 2. The molecule has 4 heteroatoms. The number of hydrogen-bond acceptors (Lipinski definition) is 3. The van der Waals surface area contributed by atoms with Gasteiger partial charge in [0.05, 0.1) is 12.2 Å². The summed E-state index contributed by atoms with van der Waals surface area (Å²) in [5, 5.41) is 4.49. The van der Waals surface area contributed by atoms with Gasteiger partial charge in [0.25, 0.3) is 0 Å². The van der Waals surface area contributed by atoms with Crippen LogP contribution in [-0.4, -0.2) is 18.1 Å². The molecule has 2 aromatic carbocycles. The maximum Gasteiger partial charge on any atom is 0.338 e. The van der Waals surface area contributed by atoms with Crippen molar-refractivity contribution in [1.82, 2.24) is 0 Å². The SMILES string of the molecule is CCCC1(C)C/C(=C\N)Cc2cccc3c(C(=O)OCC)ccc(c23)[NH2+]1. The molecule has 1 unspecified atom stereocenters. The van der Waals surface area contributed by atoms with Crippen LogP contribution in [-0.2, 0) is 11.2 Å². The number of rotatable bonds is 4. The zero-order chi connectivity index (χ0) is 18.7. The number of hydrogen-bond donors (Lipinski definition) is 2. The Morgan fingerprint density at radius 2 is 2.12 bits per heavy atom. The van der Waals surface area contributed by atoms with Crippen molar-refractivity contribution in [2.75, 3.05) is 6.61 Å². The van der Waals surface area contributed by atoms with E-state index < -0.39 is 0 Å². The fourth-order valence-corrected chi connectivity index (χ4v) is 4.27. The Labute approximate surface area is 155 Å². The third-order valence-electron chi connectivity index (χ3n) is 5.26. The maximum atomic E-state index is 12.4. The van der Waals surface area contributed by atoms with Crippen LogP contribution < -0.4 is 11.1 Å². The van der Waals surface area contributed by atoms with Crippen LogP contribution in [0.15, 0.2) is 42.1 Å². The molecule has 0 spiro atoms. The summed E-state index contributed by atoms with van der Waals surface area (Å²) in [4.78, 5) is 12.4. The minimum Gasteiger partial charge on any atom is -0.462 e. The van der Waals surface area contributed by atoms with Gasteiger partial charge in [-0.3, -0.25) is 0 Å². The van der Waals surface area contributed by atoms with Gasteiger partial charge in [-0.2, -0.15) is 0 Å². The molecule has 2 aromatic rings. The molecule has 0 aromatic heterocycles. The van der Waals surface area contributed by atoms with Crippen LogP contribution in [0.2, 0.25) is 0 Å². The second-order valence-electron chi connectivity index (χ2n) is 7.49. The molecule has 1 heterocycles. The van der Waals surface area contributed by atoms with Crippen molar-refractivity contribution in [2.45, 2.75) is 52.0 Å². The summed E-state index contributed by atoms with van der Waals surface area (Å²) in [6.07, 6.45) is 5.78. The molecule has 0 amide bonds. The van der Waals surface area contributed by atoms with Gasteiger partial charge in [-0.25, -0.2) is 4.79 Å². The Hall–Kier alpha value is -2.33. The first-order valence-electron chi connectivity index (χ1n) is 9.48. The Morgan fingerprint density at radius 3 is 2.81 bits per heavy atom. The van der Waals surface area contributed by atoms with Crippen molar-refractivity contribution in [3.8, 4) is 0 Å². The lowest BCUT2D eigenvalue weighted by atomic mass is 9.82. The molecule has 0 radical (unpaired) electrons. The third kappa shape index (κ3) is 3.47. The van der Waals surface area contributed by atoms with Crippen LogP contribution in [0.4, 0.5) is 5.69 Å². The zero-order valence-electron chi connectivity index (χ0n) is 16.0. The number of ether oxygens (including phenoxy) is 1. The molecule has 138 valence electrons. The van der Waals surface area contributed by atoms with Crippen LogP contribution in [0.25, 0.3) is 10.8 Å². The average molecular weight is 353 g/mol. The van der Waals surface area contributed by atoms with Gasteiger partial charge in [-0.15, -0.1) is 0 Å². The van der Waals surface area contributed by atoms with E-state index in [0.717, 1.165) is 36.5 Å². The van der Waals surface area contributed by atoms with Gasteiger partial charge in [0, 0.05) is 29.7 Å². The molecule has 0 saturated heterocycles. The van der Waals surface area contributed by atoms with Crippen LogP contribution >= 0.6 is 0 Å². The highest BCUT2D eigenvalue weighted by molar-refractivity contribution is 6.08. The standard InChI is InChI=1S/C22H28N2O2/c1-4-11-22(3)13-15(14-23)12-16-7-6-8-17-18(21(25)26-5-2)9-10-19(24-22)20(16)17/h6-10,14,24H,4-5,11-13,23H2,1-3H3/p+1/b15-14-. The van der Waals surface area contributed by atoms with E-state index in [0.29, 0.717) is 12.2 Å². The summed E-state index contributed by atoms with van der Waals surface area (Å²) >= 11 is 0. The molecule has 26 heavy (non-hydrogen) atoms. The van der Waals surface area contributed by atoms with Crippen LogP contribution in [0.3, 0.4) is 0 Å². The minimum absolute atomic E-state index is 0.0614. The largest absolute Gasteiger partial charge is 0.462 e. The number of benzene rings is 2. The van der Waals surface area contributed by atoms with Gasteiger partial charge >= 0.3 is 5.97 Å². The summed E-state index contributed by atoms with van der Waals surface area (Å²) < 4.78 is 5.26. The lowest BCUT2D eigenvalue weighted by molar-refractivity contribution is -0.650. The highest BCUT2D eigenvalue weighted by Crippen LogP contribution is 2.34. The van der Waals surface area contributed by atoms with Gasteiger partial charge in [-0.1, -0.05) is 31.5 Å². The Balaban J connectivity index is 2.23. The molecule has 0 saturated carbocycles. The van der Waals surface area contributed by atoms with Gasteiger partial charge < -0.3 is 15.8 Å². The van der Waals surface area contributed by atoms with E-state index >= 15 is 0 Å². The lowest BCUT2D eigenvalue weighted by Crippen LogP contribution is -2.91. The average Bonchev–Trinajstić information content (AvgIpc) is 2.60. The topological polar surface area (TPSA) is 68.9 Å². The summed E-state index contributed by atoms with van der Waals surface area (Å²) in [5.74, 6) is -0.260. The van der Waals surface area contributed by atoms with Gasteiger partial charge in [0.1, 0.15) is 11.2 Å². The van der Waals surface area contributed by atoms with Crippen molar-refractivity contribution in [1.29, 1.82) is 0 Å². The van der Waals surface area contributed by atoms with Crippen LogP contribution in [0.1, 0.15) is 56.0 Å². The van der Waals surface area contributed by atoms with Crippen molar-refractivity contribution < 1.29 is 14.8 Å². The zero-order valence-corrected chi connectivity index (χ0v) is 16.0. The molecule has 1 atom stereocenters. The molecular formula is C22H29N2O2+. The normalized spacial score (nSPS) is 21.4. The summed E-state index contributed by atoms with van der Waals surface area (Å²) in [6, 6.07) is 10.2. The van der Waals surface area contributed by atoms with E-state index in [-0.39, 0.29) is 11.5 Å². The highest BCUT2D eigenvalue weighted by Gasteiger charge is 2.32. The monoisotopic (exact) mass is 353 g/mol. The molecule has 1 aliphatic heterocycles. The Morgan fingerprint density at radius 1 is 1.31 bits per heavy atom. The van der Waals surface area contributed by atoms with Crippen molar-refractivity contribution in [3.63, 3.8) is 0 Å². The molecule has 0 bridgehead atoms. The number of carbonyl (C=O) groups excluding carboxylic acids is 1. The summed E-state index contributed by atoms with van der Waals surface area (Å²) in [5.41, 5.74) is 10.3. The van der Waals surface area contributed by atoms with Crippen LogP contribution in [0, 0.1) is 0 Å². The number of carbonyl (C=O) groups is 1. The molecule has 1 aliphatic rings. The molecule has 4 N–H and O–H groups in total. The predicted molar refractivity (Wildman–Crippen MR) is 105 cm³/mol. The Kier molecular flexibility index (Phi) is 5.33. The van der Waals surface area contributed by atoms with Gasteiger partial charge in [0.15, 0.2) is 0 Å². The predicted octanol–water partition coefficient (Wildman–Crippen LogP) is 3.56. The summed E-state index contributed by atoms with van der Waals surface area (Å²) in [7, 11) is 0. The van der Waals surface area contributed by atoms with E-state index in [4.69, 9.17) is 10.5 Å². The van der Waals surface area contributed by atoms with E-state index in [1.54, 1.807) is 6.20 Å². The summed E-state index contributed by atoms with van der Waals surface area (Å²) in [6.45, 7) is 6.74. The first-order valence-corrected chi connectivity index (χ1v) is 9.48. The first kappa shape index (κ1) is 18.5. The van der Waals surface area contributed by atoms with Crippen molar-refractivity contribution in [3.05, 3.63) is 53.2 Å². The smallest absolute Gasteiger partial charge is 0.338 e. The number of quaternary nitrogens is 1. The minimum atomic E-state index is -0.260. The molecule has 4 nitrogen and oxygen atoms in total. The second-order valence-corrected chi connectivity index (χ2v) is 7.49. The molecule has 0 aliphatic carbocycles. The maximum absolute atomic E-state index is 12.4. The fraction of sp³-hybridized carbons (Fsp3) is 0.409. The second kappa shape index (κ2) is 7.50.